The predicted octanol–water partition coefficient (Wildman–Crippen LogP) is 6.99. The number of rotatable bonds is 14. The van der Waals surface area contributed by atoms with E-state index in [1.54, 1.807) is 0 Å². The summed E-state index contributed by atoms with van der Waals surface area (Å²) in [6.07, 6.45) is 1.13. The zero-order valence-electron chi connectivity index (χ0n) is 18.9. The van der Waals surface area contributed by atoms with Gasteiger partial charge in [0.1, 0.15) is 15.4 Å². The van der Waals surface area contributed by atoms with Crippen molar-refractivity contribution in [2.45, 2.75) is 103 Å². The van der Waals surface area contributed by atoms with E-state index in [2.05, 4.69) is 72.7 Å². The molecule has 0 spiro atoms. The van der Waals surface area contributed by atoms with E-state index in [9.17, 15) is 0 Å². The van der Waals surface area contributed by atoms with Gasteiger partial charge in [0.25, 0.3) is 0 Å². The van der Waals surface area contributed by atoms with Crippen LogP contribution in [-0.4, -0.2) is 32.1 Å². The number of hydrogen-bond donors (Lipinski definition) is 0. The minimum atomic E-state index is -1.65. The van der Waals surface area contributed by atoms with Crippen molar-refractivity contribution in [2.24, 2.45) is 0 Å². The van der Waals surface area contributed by atoms with Crippen LogP contribution in [0.5, 0.6) is 0 Å². The molecule has 0 aliphatic carbocycles. The Hall–Kier alpha value is -0.209. The van der Waals surface area contributed by atoms with Crippen LogP contribution in [0.4, 0.5) is 0 Å². The maximum atomic E-state index is 6.88. The Morgan fingerprint density at radius 1 is 0.778 bits per heavy atom. The van der Waals surface area contributed by atoms with Crippen LogP contribution in [0.2, 0.25) is 42.3 Å². The first-order chi connectivity index (χ1) is 12.9. The van der Waals surface area contributed by atoms with Crippen LogP contribution in [0.1, 0.15) is 52.7 Å². The number of hydrogen-bond acceptors (Lipinski definition) is 2. The summed E-state index contributed by atoms with van der Waals surface area (Å²) in [5.74, 6) is 0.0343. The highest BCUT2D eigenvalue weighted by atomic mass is 28.4. The molecule has 2 radical (unpaired) electrons. The SMILES string of the molecule is CC[Si](CC)(CC)OC(O[Si](CC)(CC)CC)[Si]CCc1ccccc1C. The van der Waals surface area contributed by atoms with Gasteiger partial charge in [0, 0.05) is 0 Å². The maximum absolute atomic E-state index is 6.88. The lowest BCUT2D eigenvalue weighted by molar-refractivity contribution is 0.0530. The highest BCUT2D eigenvalue weighted by molar-refractivity contribution is 6.75. The molecule has 5 heteroatoms. The summed E-state index contributed by atoms with van der Waals surface area (Å²) >= 11 is 0. The van der Waals surface area contributed by atoms with Crippen LogP contribution in [0.3, 0.4) is 0 Å². The summed E-state index contributed by atoms with van der Waals surface area (Å²) < 4.78 is 13.8. The fourth-order valence-corrected chi connectivity index (χ4v) is 11.7. The second kappa shape index (κ2) is 12.4. The average molecular weight is 423 g/mol. The van der Waals surface area contributed by atoms with Crippen LogP contribution < -0.4 is 0 Å². The van der Waals surface area contributed by atoms with Gasteiger partial charge in [-0.2, -0.15) is 0 Å². The first kappa shape index (κ1) is 24.8. The quantitative estimate of drug-likeness (QED) is 0.237. The van der Waals surface area contributed by atoms with Crippen molar-refractivity contribution in [1.82, 2.24) is 0 Å². The van der Waals surface area contributed by atoms with Gasteiger partial charge >= 0.3 is 0 Å². The van der Waals surface area contributed by atoms with Crippen molar-refractivity contribution < 1.29 is 8.85 Å². The van der Waals surface area contributed by atoms with E-state index < -0.39 is 16.6 Å². The first-order valence-electron chi connectivity index (χ1n) is 11.1. The third kappa shape index (κ3) is 7.28. The molecule has 0 atom stereocenters. The molecule has 0 saturated heterocycles. The van der Waals surface area contributed by atoms with Gasteiger partial charge < -0.3 is 8.85 Å². The van der Waals surface area contributed by atoms with Gasteiger partial charge in [0.2, 0.25) is 0 Å². The molecule has 0 amide bonds. The molecule has 0 aliphatic rings. The fourth-order valence-electron chi connectivity index (χ4n) is 3.78. The van der Waals surface area contributed by atoms with Gasteiger partial charge in [-0.25, -0.2) is 0 Å². The molecule has 1 aromatic rings. The predicted molar refractivity (Wildman–Crippen MR) is 126 cm³/mol. The van der Waals surface area contributed by atoms with E-state index >= 15 is 0 Å². The van der Waals surface area contributed by atoms with Crippen molar-refractivity contribution in [3.05, 3.63) is 35.4 Å². The first-order valence-corrected chi connectivity index (χ1v) is 17.4. The van der Waals surface area contributed by atoms with Crippen LogP contribution >= 0.6 is 0 Å². The minimum Gasteiger partial charge on any atom is -0.397 e. The van der Waals surface area contributed by atoms with Crippen LogP contribution in [0.15, 0.2) is 24.3 Å². The molecule has 0 fully saturated rings. The van der Waals surface area contributed by atoms with Crippen LogP contribution in [-0.2, 0) is 15.3 Å². The standard InChI is InChI=1S/C22H42O2Si3/c1-8-26(9-2,10-3)23-22(24-27(11-4,12-5)13-6)25-19-18-21-17-15-14-16-20(21)7/h14-17,22H,8-13,18-19H2,1-7H3. The Labute approximate surface area is 173 Å². The van der Waals surface area contributed by atoms with Crippen molar-refractivity contribution in [2.75, 3.05) is 0 Å². The summed E-state index contributed by atoms with van der Waals surface area (Å²) in [5.41, 5.74) is 2.87. The lowest BCUT2D eigenvalue weighted by Gasteiger charge is -2.39. The number of aryl methyl sites for hydroxylation is 2. The largest absolute Gasteiger partial charge is 0.397 e. The van der Waals surface area contributed by atoms with Crippen LogP contribution in [0, 0.1) is 6.92 Å². The van der Waals surface area contributed by atoms with E-state index in [1.807, 2.05) is 0 Å². The maximum Gasteiger partial charge on any atom is 0.194 e. The summed E-state index contributed by atoms with van der Waals surface area (Å²) in [5, 5.41) is 0. The van der Waals surface area contributed by atoms with Crippen molar-refractivity contribution >= 4 is 26.2 Å². The zero-order chi connectivity index (χ0) is 20.3. The third-order valence-corrected chi connectivity index (χ3v) is 17.3. The van der Waals surface area contributed by atoms with Crippen LogP contribution in [0.25, 0.3) is 0 Å². The molecule has 0 aromatic heterocycles. The Kier molecular flexibility index (Phi) is 11.4. The van der Waals surface area contributed by atoms with Gasteiger partial charge in [-0.3, -0.25) is 0 Å². The van der Waals surface area contributed by atoms with Gasteiger partial charge in [-0.15, -0.1) is 0 Å². The molecule has 0 saturated carbocycles. The number of benzene rings is 1. The Balaban J connectivity index is 2.87. The molecule has 0 unspecified atom stereocenters. The second-order valence-electron chi connectivity index (χ2n) is 7.69. The Bertz CT molecular complexity index is 490. The van der Waals surface area contributed by atoms with Gasteiger partial charge in [0.05, 0.1) is 0 Å². The zero-order valence-corrected chi connectivity index (χ0v) is 21.9. The average Bonchev–Trinajstić information content (AvgIpc) is 2.71. The fraction of sp³-hybridized carbons (Fsp3) is 0.727. The minimum absolute atomic E-state index is 0.0343. The van der Waals surface area contributed by atoms with E-state index in [0.717, 1.165) is 15.9 Å². The second-order valence-corrected chi connectivity index (χ2v) is 18.5. The van der Waals surface area contributed by atoms with E-state index in [4.69, 9.17) is 8.85 Å². The third-order valence-electron chi connectivity index (χ3n) is 6.55. The Morgan fingerprint density at radius 2 is 1.22 bits per heavy atom. The molecule has 0 heterocycles. The van der Waals surface area contributed by atoms with Gasteiger partial charge in [-0.05, 0) is 60.7 Å². The highest BCUT2D eigenvalue weighted by Crippen LogP contribution is 2.29. The van der Waals surface area contributed by atoms with Crippen molar-refractivity contribution in [1.29, 1.82) is 0 Å². The molecule has 154 valence electrons. The topological polar surface area (TPSA) is 18.5 Å². The molecular weight excluding hydrogens is 380 g/mol. The molecule has 0 N–H and O–H groups in total. The summed E-state index contributed by atoms with van der Waals surface area (Å²) in [4.78, 5) is 0. The molecular formula is C22H42O2Si3. The van der Waals surface area contributed by atoms with Crippen molar-refractivity contribution in [3.63, 3.8) is 0 Å². The van der Waals surface area contributed by atoms with E-state index in [0.29, 0.717) is 0 Å². The molecule has 1 rings (SSSR count). The van der Waals surface area contributed by atoms with Gasteiger partial charge in [0.15, 0.2) is 16.6 Å². The van der Waals surface area contributed by atoms with E-state index in [-0.39, 0.29) is 5.91 Å². The normalized spacial score (nSPS) is 12.7. The molecule has 1 aromatic carbocycles. The van der Waals surface area contributed by atoms with E-state index in [1.165, 1.54) is 53.4 Å². The molecule has 2 nitrogen and oxygen atoms in total. The summed E-state index contributed by atoms with van der Waals surface area (Å²) in [7, 11) is -2.57. The summed E-state index contributed by atoms with van der Waals surface area (Å²) in [6, 6.07) is 17.1. The van der Waals surface area contributed by atoms with Crippen molar-refractivity contribution in [3.8, 4) is 0 Å². The Morgan fingerprint density at radius 3 is 1.63 bits per heavy atom. The molecule has 0 aliphatic heterocycles. The smallest absolute Gasteiger partial charge is 0.194 e. The lowest BCUT2D eigenvalue weighted by Crippen LogP contribution is -2.49. The molecule has 27 heavy (non-hydrogen) atoms. The molecule has 0 bridgehead atoms. The van der Waals surface area contributed by atoms with Gasteiger partial charge in [-0.1, -0.05) is 71.9 Å². The summed E-state index contributed by atoms with van der Waals surface area (Å²) in [6.45, 7) is 16.1. The monoisotopic (exact) mass is 422 g/mol. The highest BCUT2D eigenvalue weighted by Gasteiger charge is 2.37. The lowest BCUT2D eigenvalue weighted by atomic mass is 10.1.